The average Bonchev–Trinajstić information content (AvgIpc) is 3.28. The summed E-state index contributed by atoms with van der Waals surface area (Å²) >= 11 is -1.29. The van der Waals surface area contributed by atoms with E-state index >= 15 is 0 Å². The Morgan fingerprint density at radius 3 is 2.74 bits per heavy atom. The van der Waals surface area contributed by atoms with Crippen LogP contribution in [0.5, 0.6) is 0 Å². The van der Waals surface area contributed by atoms with Gasteiger partial charge in [0.2, 0.25) is 5.95 Å². The number of benzene rings is 2. The Bertz CT molecular complexity index is 1380. The van der Waals surface area contributed by atoms with Crippen molar-refractivity contribution in [3.63, 3.8) is 0 Å². The number of aromatic nitrogens is 3. The molecule has 1 fully saturated rings. The molecule has 2 unspecified atom stereocenters. The summed E-state index contributed by atoms with van der Waals surface area (Å²) in [7, 11) is 0. The Balaban J connectivity index is 1.54. The third-order valence-electron chi connectivity index (χ3n) is 5.99. The maximum Gasteiger partial charge on any atom is 0.254 e. The minimum absolute atomic E-state index is 0.155. The van der Waals surface area contributed by atoms with Crippen LogP contribution in [0.3, 0.4) is 0 Å². The summed E-state index contributed by atoms with van der Waals surface area (Å²) in [5.74, 6) is -0.242. The van der Waals surface area contributed by atoms with Crippen LogP contribution in [0.25, 0.3) is 28.0 Å². The highest BCUT2D eigenvalue weighted by molar-refractivity contribution is 7.91. The molecule has 0 aliphatic carbocycles. The second-order valence-electron chi connectivity index (χ2n) is 8.23. The summed E-state index contributed by atoms with van der Waals surface area (Å²) in [5.41, 5.74) is 2.01. The fourth-order valence-corrected chi connectivity index (χ4v) is 4.94. The highest BCUT2D eigenvalue weighted by Crippen LogP contribution is 2.29. The number of halogens is 1. The van der Waals surface area contributed by atoms with Crippen LogP contribution in [-0.2, 0) is 15.9 Å². The molecule has 8 nitrogen and oxygen atoms in total. The minimum Gasteiger partial charge on any atom is -0.612 e. The summed E-state index contributed by atoms with van der Waals surface area (Å²) in [4.78, 5) is 24.3. The van der Waals surface area contributed by atoms with Crippen molar-refractivity contribution in [2.45, 2.75) is 11.0 Å². The fourth-order valence-electron chi connectivity index (χ4n) is 4.20. The molecule has 2 aromatic carbocycles. The van der Waals surface area contributed by atoms with E-state index in [-0.39, 0.29) is 18.3 Å². The zero-order chi connectivity index (χ0) is 24.5. The van der Waals surface area contributed by atoms with Crippen LogP contribution < -0.4 is 0 Å². The van der Waals surface area contributed by atoms with E-state index in [2.05, 4.69) is 9.97 Å². The third kappa shape index (κ3) is 4.53. The third-order valence-corrected chi connectivity index (χ3v) is 6.94. The molecule has 10 heteroatoms. The summed E-state index contributed by atoms with van der Waals surface area (Å²) in [6, 6.07) is 11.6. The van der Waals surface area contributed by atoms with Crippen LogP contribution >= 0.6 is 0 Å². The lowest BCUT2D eigenvalue weighted by Crippen LogP contribution is -2.46. The molecule has 4 aromatic rings. The van der Waals surface area contributed by atoms with Gasteiger partial charge in [-0.1, -0.05) is 18.2 Å². The molecule has 1 aliphatic rings. The molecule has 35 heavy (non-hydrogen) atoms. The van der Waals surface area contributed by atoms with Crippen molar-refractivity contribution >= 4 is 28.0 Å². The van der Waals surface area contributed by atoms with Crippen molar-refractivity contribution in [2.24, 2.45) is 0 Å². The number of morpholine rings is 1. The van der Waals surface area contributed by atoms with Gasteiger partial charge in [-0.2, -0.15) is 0 Å². The summed E-state index contributed by atoms with van der Waals surface area (Å²) in [5, 5.41) is 10.1. The molecule has 1 aliphatic heterocycles. The Labute approximate surface area is 204 Å². The highest BCUT2D eigenvalue weighted by atomic mass is 32.2. The second-order valence-corrected chi connectivity index (χ2v) is 9.58. The SMILES string of the molecule is C[S+]([O-])c1cn(-c2ncc(-c3ccccc3F)cn2)c2cc(C(=O)N3CCOC(CO)C3)ccc12. The Hall–Kier alpha value is -3.31. The molecule has 3 heterocycles. The van der Waals surface area contributed by atoms with Crippen molar-refractivity contribution in [1.82, 2.24) is 19.4 Å². The first-order chi connectivity index (χ1) is 17.0. The van der Waals surface area contributed by atoms with Crippen molar-refractivity contribution in [2.75, 3.05) is 32.6 Å². The molecule has 0 radical (unpaired) electrons. The quantitative estimate of drug-likeness (QED) is 0.428. The van der Waals surface area contributed by atoms with E-state index < -0.39 is 17.3 Å². The lowest BCUT2D eigenvalue weighted by atomic mass is 10.1. The van der Waals surface area contributed by atoms with Gasteiger partial charge in [-0.05, 0) is 35.4 Å². The average molecular weight is 495 g/mol. The summed E-state index contributed by atoms with van der Waals surface area (Å²) in [6.07, 6.45) is 5.95. The van der Waals surface area contributed by atoms with Gasteiger partial charge in [-0.25, -0.2) is 14.4 Å². The maximum atomic E-state index is 14.2. The van der Waals surface area contributed by atoms with Gasteiger partial charge >= 0.3 is 0 Å². The molecule has 1 amide bonds. The number of fused-ring (bicyclic) bond motifs is 1. The zero-order valence-electron chi connectivity index (χ0n) is 18.9. The van der Waals surface area contributed by atoms with Crippen molar-refractivity contribution in [1.29, 1.82) is 0 Å². The molecule has 1 saturated heterocycles. The van der Waals surface area contributed by atoms with Crippen LogP contribution in [-0.4, -0.2) is 73.7 Å². The standard InChI is InChI=1S/C25H23FN4O4S/c1-35(33)23-14-30(25-27-11-17(12-28-25)19-4-2-3-5-21(19)26)22-10-16(6-7-20(22)23)24(32)29-8-9-34-18(13-29)15-31/h2-7,10-12,14,18,31H,8-9,13,15H2,1H3. The number of carbonyl (C=O) groups excluding carboxylic acids is 1. The number of ether oxygens (including phenoxy) is 1. The van der Waals surface area contributed by atoms with Gasteiger partial charge in [0.25, 0.3) is 5.91 Å². The Morgan fingerprint density at radius 2 is 2.03 bits per heavy atom. The molecular weight excluding hydrogens is 471 g/mol. The summed E-state index contributed by atoms with van der Waals surface area (Å²) < 4.78 is 33.7. The smallest absolute Gasteiger partial charge is 0.254 e. The number of aliphatic hydroxyl groups is 1. The lowest BCUT2D eigenvalue weighted by Gasteiger charge is -2.32. The number of hydrogen-bond acceptors (Lipinski definition) is 6. The number of rotatable bonds is 5. The zero-order valence-corrected chi connectivity index (χ0v) is 19.7. The minimum atomic E-state index is -1.29. The largest absolute Gasteiger partial charge is 0.612 e. The highest BCUT2D eigenvalue weighted by Gasteiger charge is 2.26. The molecule has 2 atom stereocenters. The molecule has 0 spiro atoms. The molecule has 2 aromatic heterocycles. The predicted molar refractivity (Wildman–Crippen MR) is 129 cm³/mol. The van der Waals surface area contributed by atoms with E-state index in [9.17, 15) is 18.8 Å². The predicted octanol–water partition coefficient (Wildman–Crippen LogP) is 2.80. The number of nitrogens with zero attached hydrogens (tertiary/aromatic N) is 4. The first-order valence-corrected chi connectivity index (χ1v) is 12.6. The monoisotopic (exact) mass is 494 g/mol. The maximum absolute atomic E-state index is 14.2. The van der Waals surface area contributed by atoms with Crippen LogP contribution in [0.15, 0.2) is 66.0 Å². The molecular formula is C25H23FN4O4S. The van der Waals surface area contributed by atoms with E-state index in [4.69, 9.17) is 4.74 Å². The molecule has 180 valence electrons. The van der Waals surface area contributed by atoms with Gasteiger partial charge in [-0.3, -0.25) is 9.36 Å². The van der Waals surface area contributed by atoms with Gasteiger partial charge in [0.05, 0.1) is 36.4 Å². The summed E-state index contributed by atoms with van der Waals surface area (Å²) in [6.45, 7) is 0.937. The Kier molecular flexibility index (Phi) is 6.52. The second kappa shape index (κ2) is 9.74. The van der Waals surface area contributed by atoms with E-state index in [1.54, 1.807) is 58.3 Å². The van der Waals surface area contributed by atoms with Crippen LogP contribution in [0.1, 0.15) is 10.4 Å². The lowest BCUT2D eigenvalue weighted by molar-refractivity contribution is -0.0447. The fraction of sp³-hybridized carbons (Fsp3) is 0.240. The number of carbonyl (C=O) groups is 1. The first kappa shape index (κ1) is 23.4. The van der Waals surface area contributed by atoms with E-state index in [1.807, 2.05) is 0 Å². The number of aliphatic hydroxyl groups excluding tert-OH is 1. The van der Waals surface area contributed by atoms with E-state index in [1.165, 1.54) is 18.5 Å². The molecule has 1 N–H and O–H groups in total. The molecule has 0 saturated carbocycles. The molecule has 0 bridgehead atoms. The normalized spacial score (nSPS) is 17.0. The molecule has 5 rings (SSSR count). The van der Waals surface area contributed by atoms with Crippen LogP contribution in [0.2, 0.25) is 0 Å². The number of hydrogen-bond donors (Lipinski definition) is 1. The van der Waals surface area contributed by atoms with Crippen LogP contribution in [0, 0.1) is 5.82 Å². The van der Waals surface area contributed by atoms with Gasteiger partial charge in [0.1, 0.15) is 12.1 Å². The number of amides is 1. The topological polar surface area (TPSA) is 104 Å². The Morgan fingerprint density at radius 1 is 1.26 bits per heavy atom. The van der Waals surface area contributed by atoms with E-state index in [0.29, 0.717) is 52.7 Å². The van der Waals surface area contributed by atoms with Crippen LogP contribution in [0.4, 0.5) is 4.39 Å². The van der Waals surface area contributed by atoms with Crippen molar-refractivity contribution < 1.29 is 23.6 Å². The van der Waals surface area contributed by atoms with Crippen molar-refractivity contribution in [3.8, 4) is 17.1 Å². The van der Waals surface area contributed by atoms with E-state index in [0.717, 1.165) is 5.39 Å². The van der Waals surface area contributed by atoms with Gasteiger partial charge in [0.15, 0.2) is 4.90 Å². The van der Waals surface area contributed by atoms with Gasteiger partial charge in [0, 0.05) is 42.2 Å². The van der Waals surface area contributed by atoms with Crippen molar-refractivity contribution in [3.05, 3.63) is 72.4 Å². The van der Waals surface area contributed by atoms with Gasteiger partial charge in [-0.15, -0.1) is 0 Å². The first-order valence-electron chi connectivity index (χ1n) is 11.0. The van der Waals surface area contributed by atoms with Gasteiger partial charge < -0.3 is 19.3 Å².